The largest absolute Gasteiger partial charge is 0.478 e. The Balaban J connectivity index is 2.05. The molecule has 0 saturated heterocycles. The van der Waals surface area contributed by atoms with E-state index in [1.165, 1.54) is 25.7 Å². The van der Waals surface area contributed by atoms with Crippen LogP contribution in [0.25, 0.3) is 11.1 Å². The standard InChI is InChI=1S/C21H24ClNO2/c1-2-5-19-17(15-8-10-16(22)11-9-15)13-18(21(24)25)20(23-19)12-14-6-3-4-7-14/h8-11,13-14H,2-7,12H2,1H3,(H,24,25). The van der Waals surface area contributed by atoms with Crippen LogP contribution in [0.2, 0.25) is 5.02 Å². The second kappa shape index (κ2) is 8.01. The molecule has 0 spiro atoms. The van der Waals surface area contributed by atoms with Gasteiger partial charge in [-0.05, 0) is 42.5 Å². The number of carboxylic acids is 1. The SMILES string of the molecule is CCCc1nc(CC2CCCC2)c(C(=O)O)cc1-c1ccc(Cl)cc1. The van der Waals surface area contributed by atoms with Gasteiger partial charge in [0.15, 0.2) is 0 Å². The molecule has 0 aliphatic heterocycles. The predicted octanol–water partition coefficient (Wildman–Crippen LogP) is 5.79. The van der Waals surface area contributed by atoms with Gasteiger partial charge in [0, 0.05) is 16.3 Å². The minimum absolute atomic E-state index is 0.344. The van der Waals surface area contributed by atoms with E-state index in [0.717, 1.165) is 41.8 Å². The Hall–Kier alpha value is -1.87. The van der Waals surface area contributed by atoms with Crippen LogP contribution < -0.4 is 0 Å². The van der Waals surface area contributed by atoms with Gasteiger partial charge < -0.3 is 5.11 Å². The van der Waals surface area contributed by atoms with Crippen molar-refractivity contribution in [2.45, 2.75) is 51.9 Å². The molecule has 0 unspecified atom stereocenters. The number of rotatable bonds is 6. The van der Waals surface area contributed by atoms with Crippen molar-refractivity contribution in [3.05, 3.63) is 52.3 Å². The number of halogens is 1. The summed E-state index contributed by atoms with van der Waals surface area (Å²) in [6, 6.07) is 9.34. The van der Waals surface area contributed by atoms with Gasteiger partial charge in [-0.2, -0.15) is 0 Å². The smallest absolute Gasteiger partial charge is 0.337 e. The highest BCUT2D eigenvalue weighted by molar-refractivity contribution is 6.30. The number of carbonyl (C=O) groups is 1. The molecule has 0 bridgehead atoms. The van der Waals surface area contributed by atoms with Crippen molar-refractivity contribution in [2.24, 2.45) is 5.92 Å². The monoisotopic (exact) mass is 357 g/mol. The molecule has 3 nitrogen and oxygen atoms in total. The van der Waals surface area contributed by atoms with E-state index >= 15 is 0 Å². The Morgan fingerprint density at radius 3 is 2.48 bits per heavy atom. The fraction of sp³-hybridized carbons (Fsp3) is 0.429. The number of benzene rings is 1. The average molecular weight is 358 g/mol. The molecule has 1 N–H and O–H groups in total. The van der Waals surface area contributed by atoms with Gasteiger partial charge in [-0.25, -0.2) is 4.79 Å². The minimum Gasteiger partial charge on any atom is -0.478 e. The minimum atomic E-state index is -0.890. The van der Waals surface area contributed by atoms with E-state index in [1.54, 1.807) is 0 Å². The lowest BCUT2D eigenvalue weighted by Crippen LogP contribution is -2.12. The first kappa shape index (κ1) is 17.9. The van der Waals surface area contributed by atoms with Crippen LogP contribution in [0.1, 0.15) is 60.8 Å². The lowest BCUT2D eigenvalue weighted by molar-refractivity contribution is 0.0695. The van der Waals surface area contributed by atoms with Crippen molar-refractivity contribution >= 4 is 17.6 Å². The summed E-state index contributed by atoms with van der Waals surface area (Å²) in [5, 5.41) is 10.4. The van der Waals surface area contributed by atoms with Gasteiger partial charge in [-0.3, -0.25) is 4.98 Å². The van der Waals surface area contributed by atoms with Crippen molar-refractivity contribution in [1.29, 1.82) is 0 Å². The van der Waals surface area contributed by atoms with Gasteiger partial charge in [0.05, 0.1) is 11.3 Å². The zero-order valence-corrected chi connectivity index (χ0v) is 15.4. The van der Waals surface area contributed by atoms with Crippen LogP contribution in [0.3, 0.4) is 0 Å². The molecule has 1 fully saturated rings. The quantitative estimate of drug-likeness (QED) is 0.712. The maximum absolute atomic E-state index is 11.8. The van der Waals surface area contributed by atoms with E-state index in [1.807, 2.05) is 30.3 Å². The summed E-state index contributed by atoms with van der Waals surface area (Å²) >= 11 is 5.99. The Morgan fingerprint density at radius 1 is 1.20 bits per heavy atom. The van der Waals surface area contributed by atoms with Gasteiger partial charge in [0.2, 0.25) is 0 Å². The second-order valence-corrected chi connectivity index (χ2v) is 7.33. The zero-order chi connectivity index (χ0) is 17.8. The van der Waals surface area contributed by atoms with Crippen LogP contribution in [0.4, 0.5) is 0 Å². The van der Waals surface area contributed by atoms with Gasteiger partial charge in [0.1, 0.15) is 0 Å². The van der Waals surface area contributed by atoms with Gasteiger partial charge in [-0.15, -0.1) is 0 Å². The maximum Gasteiger partial charge on any atom is 0.337 e. The molecule has 0 radical (unpaired) electrons. The first-order valence-electron chi connectivity index (χ1n) is 9.10. The number of pyridine rings is 1. The molecule has 0 atom stereocenters. The third-order valence-electron chi connectivity index (χ3n) is 5.01. The first-order valence-corrected chi connectivity index (χ1v) is 9.48. The third-order valence-corrected chi connectivity index (χ3v) is 5.26. The van der Waals surface area contributed by atoms with Crippen LogP contribution in [0, 0.1) is 5.92 Å². The molecule has 1 heterocycles. The van der Waals surface area contributed by atoms with Crippen molar-refractivity contribution in [3.63, 3.8) is 0 Å². The molecular weight excluding hydrogens is 334 g/mol. The van der Waals surface area contributed by atoms with E-state index in [4.69, 9.17) is 16.6 Å². The molecule has 1 saturated carbocycles. The summed E-state index contributed by atoms with van der Waals surface area (Å²) < 4.78 is 0. The summed E-state index contributed by atoms with van der Waals surface area (Å²) in [6.45, 7) is 2.12. The molecule has 25 heavy (non-hydrogen) atoms. The molecule has 1 aliphatic carbocycles. The highest BCUT2D eigenvalue weighted by Gasteiger charge is 2.22. The van der Waals surface area contributed by atoms with Crippen molar-refractivity contribution in [2.75, 3.05) is 0 Å². The van der Waals surface area contributed by atoms with Gasteiger partial charge in [0.25, 0.3) is 0 Å². The normalized spacial score (nSPS) is 14.8. The molecular formula is C21H24ClNO2. The molecule has 1 aliphatic rings. The van der Waals surface area contributed by atoms with E-state index in [2.05, 4.69) is 6.92 Å². The molecule has 0 amide bonds. The topological polar surface area (TPSA) is 50.2 Å². The fourth-order valence-electron chi connectivity index (χ4n) is 3.73. The zero-order valence-electron chi connectivity index (χ0n) is 14.6. The van der Waals surface area contributed by atoms with Crippen LogP contribution in [-0.2, 0) is 12.8 Å². The third kappa shape index (κ3) is 4.21. The lowest BCUT2D eigenvalue weighted by Gasteiger charge is -2.16. The number of hydrogen-bond acceptors (Lipinski definition) is 2. The summed E-state index contributed by atoms with van der Waals surface area (Å²) in [6.07, 6.45) is 7.46. The van der Waals surface area contributed by atoms with Crippen LogP contribution >= 0.6 is 11.6 Å². The molecule has 132 valence electrons. The maximum atomic E-state index is 11.8. The molecule has 1 aromatic heterocycles. The van der Waals surface area contributed by atoms with Crippen LogP contribution in [-0.4, -0.2) is 16.1 Å². The molecule has 3 rings (SSSR count). The lowest BCUT2D eigenvalue weighted by atomic mass is 9.94. The van der Waals surface area contributed by atoms with Crippen LogP contribution in [0.5, 0.6) is 0 Å². The number of hydrogen-bond donors (Lipinski definition) is 1. The number of nitrogens with zero attached hydrogens (tertiary/aromatic N) is 1. The van der Waals surface area contributed by atoms with Crippen LogP contribution in [0.15, 0.2) is 30.3 Å². The molecule has 2 aromatic rings. The van der Waals surface area contributed by atoms with E-state index < -0.39 is 5.97 Å². The number of carboxylic acid groups (broad SMARTS) is 1. The summed E-state index contributed by atoms with van der Waals surface area (Å²) in [5.41, 5.74) is 3.96. The fourth-order valence-corrected chi connectivity index (χ4v) is 3.86. The highest BCUT2D eigenvalue weighted by atomic mass is 35.5. The van der Waals surface area contributed by atoms with Crippen molar-refractivity contribution in [1.82, 2.24) is 4.98 Å². The predicted molar refractivity (Wildman–Crippen MR) is 101 cm³/mol. The number of aryl methyl sites for hydroxylation is 1. The van der Waals surface area contributed by atoms with E-state index in [-0.39, 0.29) is 0 Å². The van der Waals surface area contributed by atoms with E-state index in [0.29, 0.717) is 16.5 Å². The highest BCUT2D eigenvalue weighted by Crippen LogP contribution is 2.32. The Kier molecular flexibility index (Phi) is 5.74. The van der Waals surface area contributed by atoms with Gasteiger partial charge in [-0.1, -0.05) is 62.8 Å². The Morgan fingerprint density at radius 2 is 1.88 bits per heavy atom. The number of aromatic nitrogens is 1. The Labute approximate surface area is 154 Å². The summed E-state index contributed by atoms with van der Waals surface area (Å²) in [5.74, 6) is -0.319. The van der Waals surface area contributed by atoms with E-state index in [9.17, 15) is 9.90 Å². The van der Waals surface area contributed by atoms with Crippen molar-refractivity contribution < 1.29 is 9.90 Å². The molecule has 4 heteroatoms. The summed E-state index contributed by atoms with van der Waals surface area (Å²) in [7, 11) is 0. The number of aromatic carboxylic acids is 1. The summed E-state index contributed by atoms with van der Waals surface area (Å²) in [4.78, 5) is 16.7. The molecule has 1 aromatic carbocycles. The van der Waals surface area contributed by atoms with Crippen molar-refractivity contribution in [3.8, 4) is 11.1 Å². The Bertz CT molecular complexity index is 749. The second-order valence-electron chi connectivity index (χ2n) is 6.89. The average Bonchev–Trinajstić information content (AvgIpc) is 3.09. The first-order chi connectivity index (χ1) is 12.1. The van der Waals surface area contributed by atoms with Gasteiger partial charge >= 0.3 is 5.97 Å².